The van der Waals surface area contributed by atoms with E-state index in [1.807, 2.05) is 13.8 Å². The third-order valence-corrected chi connectivity index (χ3v) is 6.80. The SMILES string of the molecule is COc1ccc([C@H](NC(=O)[C@@H]2CCCC[C@H]2C(=O)O)C(=O)N[C@@H](CC(=O)O)C(=O)N[C@@H](CC(C)C)C(N)=O)cc1. The molecule has 1 aliphatic carbocycles. The summed E-state index contributed by atoms with van der Waals surface area (Å²) < 4.78 is 5.14. The van der Waals surface area contributed by atoms with Crippen molar-refractivity contribution in [1.82, 2.24) is 16.0 Å². The molecule has 0 heterocycles. The lowest BCUT2D eigenvalue weighted by atomic mass is 9.78. The summed E-state index contributed by atoms with van der Waals surface area (Å²) in [6.45, 7) is 3.62. The number of carboxylic acids is 2. The topological polar surface area (TPSA) is 214 Å². The van der Waals surface area contributed by atoms with E-state index in [0.717, 1.165) is 0 Å². The fourth-order valence-corrected chi connectivity index (χ4v) is 4.72. The molecule has 13 heteroatoms. The van der Waals surface area contributed by atoms with Gasteiger partial charge < -0.3 is 36.6 Å². The summed E-state index contributed by atoms with van der Waals surface area (Å²) >= 11 is 0. The van der Waals surface area contributed by atoms with Gasteiger partial charge in [0.05, 0.1) is 25.4 Å². The predicted octanol–water partition coefficient (Wildman–Crippen LogP) is 0.719. The Morgan fingerprint density at radius 2 is 1.48 bits per heavy atom. The van der Waals surface area contributed by atoms with Crippen molar-refractivity contribution >= 4 is 35.6 Å². The van der Waals surface area contributed by atoms with E-state index in [9.17, 15) is 39.0 Å². The van der Waals surface area contributed by atoms with E-state index >= 15 is 0 Å². The summed E-state index contributed by atoms with van der Waals surface area (Å²) in [5.41, 5.74) is 5.68. The van der Waals surface area contributed by atoms with Gasteiger partial charge in [-0.2, -0.15) is 0 Å². The van der Waals surface area contributed by atoms with Gasteiger partial charge in [-0.15, -0.1) is 0 Å². The standard InChI is InChI=1S/C27H38N4O9/c1-14(2)12-19(23(28)34)29-25(36)20(13-21(32)33)30-26(37)22(15-8-10-16(40-3)11-9-15)31-24(35)17-6-4-5-7-18(17)27(38)39/h8-11,14,17-20,22H,4-7,12-13H2,1-3H3,(H2,28,34)(H,29,36)(H,30,37)(H,31,35)(H,32,33)(H,38,39)/t17-,18-,19+,20+,22+/m1/s1. The Labute approximate surface area is 232 Å². The maximum absolute atomic E-state index is 13.5. The lowest BCUT2D eigenvalue weighted by molar-refractivity contribution is -0.149. The smallest absolute Gasteiger partial charge is 0.307 e. The van der Waals surface area contributed by atoms with Crippen LogP contribution < -0.4 is 26.4 Å². The first-order valence-corrected chi connectivity index (χ1v) is 13.1. The first kappa shape index (κ1) is 32.1. The van der Waals surface area contributed by atoms with Crippen molar-refractivity contribution in [1.29, 1.82) is 0 Å². The molecule has 5 atom stereocenters. The first-order chi connectivity index (χ1) is 18.8. The molecule has 1 aromatic carbocycles. The van der Waals surface area contributed by atoms with Gasteiger partial charge in [0.15, 0.2) is 0 Å². The van der Waals surface area contributed by atoms with E-state index < -0.39 is 71.9 Å². The van der Waals surface area contributed by atoms with Gasteiger partial charge in [0.25, 0.3) is 0 Å². The van der Waals surface area contributed by atoms with Crippen LogP contribution in [0, 0.1) is 17.8 Å². The van der Waals surface area contributed by atoms with Crippen LogP contribution >= 0.6 is 0 Å². The van der Waals surface area contributed by atoms with E-state index in [-0.39, 0.29) is 12.3 Å². The number of nitrogens with two attached hydrogens (primary N) is 1. The lowest BCUT2D eigenvalue weighted by Crippen LogP contribution is -2.55. The Bertz CT molecular complexity index is 1090. The number of benzene rings is 1. The summed E-state index contributed by atoms with van der Waals surface area (Å²) in [6, 6.07) is 2.05. The third-order valence-electron chi connectivity index (χ3n) is 6.80. The van der Waals surface area contributed by atoms with Crippen molar-refractivity contribution < 1.29 is 43.7 Å². The van der Waals surface area contributed by atoms with Crippen molar-refractivity contribution in [2.45, 2.75) is 70.5 Å². The Balaban J connectivity index is 2.34. The summed E-state index contributed by atoms with van der Waals surface area (Å²) in [7, 11) is 1.45. The quantitative estimate of drug-likeness (QED) is 0.188. The van der Waals surface area contributed by atoms with Crippen molar-refractivity contribution in [3.63, 3.8) is 0 Å². The van der Waals surface area contributed by atoms with Gasteiger partial charge in [-0.3, -0.25) is 28.8 Å². The van der Waals surface area contributed by atoms with Gasteiger partial charge in [-0.25, -0.2) is 0 Å². The summed E-state index contributed by atoms with van der Waals surface area (Å²) in [6.07, 6.45) is 1.36. The van der Waals surface area contributed by atoms with Gasteiger partial charge in [-0.05, 0) is 42.9 Å². The summed E-state index contributed by atoms with van der Waals surface area (Å²) in [5.74, 6) is -7.12. The average Bonchev–Trinajstić information content (AvgIpc) is 2.90. The minimum absolute atomic E-state index is 0.0191. The van der Waals surface area contributed by atoms with Gasteiger partial charge >= 0.3 is 11.9 Å². The summed E-state index contributed by atoms with van der Waals surface area (Å²) in [5, 5.41) is 26.4. The minimum Gasteiger partial charge on any atom is -0.497 e. The molecule has 4 amide bonds. The molecule has 1 aliphatic rings. The lowest BCUT2D eigenvalue weighted by Gasteiger charge is -2.30. The number of hydrogen-bond donors (Lipinski definition) is 6. The Hall–Kier alpha value is -4.16. The largest absolute Gasteiger partial charge is 0.497 e. The molecule has 0 unspecified atom stereocenters. The number of methoxy groups -OCH3 is 1. The van der Waals surface area contributed by atoms with Crippen LogP contribution in [0.25, 0.3) is 0 Å². The second-order valence-corrected chi connectivity index (χ2v) is 10.3. The number of ether oxygens (including phenoxy) is 1. The molecule has 0 aromatic heterocycles. The number of carbonyl (C=O) groups excluding carboxylic acids is 4. The molecule has 0 aliphatic heterocycles. The van der Waals surface area contributed by atoms with Crippen LogP contribution in [0.3, 0.4) is 0 Å². The molecular formula is C27H38N4O9. The highest BCUT2D eigenvalue weighted by molar-refractivity contribution is 5.96. The highest BCUT2D eigenvalue weighted by atomic mass is 16.5. The second-order valence-electron chi connectivity index (χ2n) is 10.3. The Morgan fingerprint density at radius 3 is 1.98 bits per heavy atom. The van der Waals surface area contributed by atoms with E-state index in [1.165, 1.54) is 19.2 Å². The molecule has 0 saturated heterocycles. The predicted molar refractivity (Wildman–Crippen MR) is 142 cm³/mol. The van der Waals surface area contributed by atoms with Crippen LogP contribution in [0.4, 0.5) is 0 Å². The number of amides is 4. The molecule has 1 fully saturated rings. The third kappa shape index (κ3) is 9.24. The van der Waals surface area contributed by atoms with Crippen LogP contribution in [0.1, 0.15) is 64.0 Å². The Morgan fingerprint density at radius 1 is 0.900 bits per heavy atom. The minimum atomic E-state index is -1.60. The molecule has 0 spiro atoms. The molecule has 0 radical (unpaired) electrons. The molecular weight excluding hydrogens is 524 g/mol. The van der Waals surface area contributed by atoms with E-state index in [1.54, 1.807) is 12.1 Å². The van der Waals surface area contributed by atoms with Gasteiger partial charge in [0.1, 0.15) is 23.9 Å². The second kappa shape index (κ2) is 14.8. The van der Waals surface area contributed by atoms with E-state index in [0.29, 0.717) is 37.0 Å². The molecule has 1 aromatic rings. The zero-order chi connectivity index (χ0) is 30.0. The number of carbonyl (C=O) groups is 6. The average molecular weight is 563 g/mol. The number of aliphatic carboxylic acids is 2. The molecule has 220 valence electrons. The van der Waals surface area contributed by atoms with Gasteiger partial charge in [0, 0.05) is 0 Å². The maximum Gasteiger partial charge on any atom is 0.307 e. The molecule has 2 rings (SSSR count). The fourth-order valence-electron chi connectivity index (χ4n) is 4.72. The normalized spacial score (nSPS) is 19.0. The highest BCUT2D eigenvalue weighted by Gasteiger charge is 2.38. The van der Waals surface area contributed by atoms with Crippen LogP contribution in [0.5, 0.6) is 5.75 Å². The van der Waals surface area contributed by atoms with E-state index in [2.05, 4.69) is 16.0 Å². The van der Waals surface area contributed by atoms with Crippen molar-refractivity contribution in [2.75, 3.05) is 7.11 Å². The van der Waals surface area contributed by atoms with Crippen LogP contribution in [-0.2, 0) is 28.8 Å². The molecule has 40 heavy (non-hydrogen) atoms. The fraction of sp³-hybridized carbons (Fsp3) is 0.556. The highest BCUT2D eigenvalue weighted by Crippen LogP contribution is 2.31. The van der Waals surface area contributed by atoms with Crippen molar-refractivity contribution in [3.05, 3.63) is 29.8 Å². The zero-order valence-corrected chi connectivity index (χ0v) is 22.8. The van der Waals surface area contributed by atoms with Crippen LogP contribution in [-0.4, -0.2) is 65.0 Å². The monoisotopic (exact) mass is 562 g/mol. The number of rotatable bonds is 14. The Kier molecular flexibility index (Phi) is 11.9. The first-order valence-electron chi connectivity index (χ1n) is 13.1. The summed E-state index contributed by atoms with van der Waals surface area (Å²) in [4.78, 5) is 74.8. The van der Waals surface area contributed by atoms with Crippen LogP contribution in [0.2, 0.25) is 0 Å². The molecule has 7 N–H and O–H groups in total. The number of carboxylic acid groups (broad SMARTS) is 2. The zero-order valence-electron chi connectivity index (χ0n) is 22.8. The molecule has 1 saturated carbocycles. The van der Waals surface area contributed by atoms with E-state index in [4.69, 9.17) is 10.5 Å². The van der Waals surface area contributed by atoms with Crippen LogP contribution in [0.15, 0.2) is 24.3 Å². The van der Waals surface area contributed by atoms with Crippen molar-refractivity contribution in [2.24, 2.45) is 23.5 Å². The molecule has 0 bridgehead atoms. The number of nitrogens with one attached hydrogen (secondary N) is 3. The number of primary amides is 1. The van der Waals surface area contributed by atoms with Gasteiger partial charge in [0.2, 0.25) is 23.6 Å². The maximum atomic E-state index is 13.5. The van der Waals surface area contributed by atoms with Gasteiger partial charge in [-0.1, -0.05) is 38.8 Å². The number of hydrogen-bond acceptors (Lipinski definition) is 7. The molecule has 13 nitrogen and oxygen atoms in total. The van der Waals surface area contributed by atoms with Crippen molar-refractivity contribution in [3.8, 4) is 5.75 Å².